The van der Waals surface area contributed by atoms with E-state index < -0.39 is 0 Å². The van der Waals surface area contributed by atoms with Crippen molar-refractivity contribution in [2.75, 3.05) is 19.8 Å². The molecule has 2 heterocycles. The van der Waals surface area contributed by atoms with Gasteiger partial charge in [-0.3, -0.25) is 0 Å². The lowest BCUT2D eigenvalue weighted by Gasteiger charge is -2.09. The Morgan fingerprint density at radius 1 is 1.24 bits per heavy atom. The van der Waals surface area contributed by atoms with Gasteiger partial charge in [0.1, 0.15) is 0 Å². The van der Waals surface area contributed by atoms with E-state index in [0.717, 1.165) is 5.56 Å². The van der Waals surface area contributed by atoms with Crippen molar-refractivity contribution in [3.63, 3.8) is 0 Å². The molecular weight excluding hydrogens is 274 g/mol. The van der Waals surface area contributed by atoms with E-state index in [-0.39, 0.29) is 18.9 Å². The minimum Gasteiger partial charge on any atom is -0.462 e. The molecule has 0 amide bonds. The molecule has 0 aliphatic carbocycles. The normalized spacial score (nSPS) is 15.2. The molecule has 1 fully saturated rings. The van der Waals surface area contributed by atoms with Gasteiger partial charge in [-0.1, -0.05) is 12.1 Å². The van der Waals surface area contributed by atoms with E-state index in [9.17, 15) is 4.79 Å². The minimum atomic E-state index is -0.364. The number of hydrogen-bond donors (Lipinski definition) is 0. The Morgan fingerprint density at radius 2 is 2.00 bits per heavy atom. The Bertz CT molecular complexity index is 573. The van der Waals surface area contributed by atoms with Crippen molar-refractivity contribution in [3.8, 4) is 11.3 Å². The molecule has 21 heavy (non-hydrogen) atoms. The van der Waals surface area contributed by atoms with Gasteiger partial charge >= 0.3 is 5.97 Å². The van der Waals surface area contributed by atoms with E-state index in [4.69, 9.17) is 18.6 Å². The molecule has 0 atom stereocenters. The van der Waals surface area contributed by atoms with Crippen molar-refractivity contribution in [2.24, 2.45) is 0 Å². The molecule has 1 saturated heterocycles. The standard InChI is InChI=1S/C15H15NO5/c17-15(20-6-5-14-18-7-8-19-14)12-3-1-11(2-4-12)13-9-16-10-21-13/h1-4,9-10,14H,5-8H2. The molecule has 1 aliphatic heterocycles. The summed E-state index contributed by atoms with van der Waals surface area (Å²) in [6.45, 7) is 1.47. The highest BCUT2D eigenvalue weighted by atomic mass is 16.7. The summed E-state index contributed by atoms with van der Waals surface area (Å²) in [5.74, 6) is 0.294. The number of carbonyl (C=O) groups excluding carboxylic acids is 1. The third kappa shape index (κ3) is 3.48. The summed E-state index contributed by atoms with van der Waals surface area (Å²) in [6.07, 6.45) is 3.27. The van der Waals surface area contributed by atoms with Gasteiger partial charge in [0.15, 0.2) is 18.4 Å². The highest BCUT2D eigenvalue weighted by Crippen LogP contribution is 2.19. The lowest BCUT2D eigenvalue weighted by atomic mass is 10.1. The number of aromatic nitrogens is 1. The van der Waals surface area contributed by atoms with E-state index in [0.29, 0.717) is 31.0 Å². The molecular formula is C15H15NO5. The molecule has 1 aromatic heterocycles. The Hall–Kier alpha value is -2.18. The molecule has 3 rings (SSSR count). The van der Waals surface area contributed by atoms with E-state index in [1.165, 1.54) is 6.39 Å². The van der Waals surface area contributed by atoms with Crippen LogP contribution in [-0.2, 0) is 14.2 Å². The summed E-state index contributed by atoms with van der Waals surface area (Å²) >= 11 is 0. The highest BCUT2D eigenvalue weighted by Gasteiger charge is 2.16. The van der Waals surface area contributed by atoms with Gasteiger partial charge in [0.25, 0.3) is 0 Å². The molecule has 0 radical (unpaired) electrons. The molecule has 0 spiro atoms. The summed E-state index contributed by atoms with van der Waals surface area (Å²) in [5.41, 5.74) is 1.35. The summed E-state index contributed by atoms with van der Waals surface area (Å²) in [4.78, 5) is 15.7. The second-order valence-corrected chi connectivity index (χ2v) is 4.54. The first-order chi connectivity index (χ1) is 10.3. The maximum Gasteiger partial charge on any atom is 0.338 e. The van der Waals surface area contributed by atoms with E-state index in [1.54, 1.807) is 30.5 Å². The lowest BCUT2D eigenvalue weighted by Crippen LogP contribution is -2.14. The second kappa shape index (κ2) is 6.51. The summed E-state index contributed by atoms with van der Waals surface area (Å²) in [5, 5.41) is 0. The van der Waals surface area contributed by atoms with Crippen molar-refractivity contribution in [2.45, 2.75) is 12.7 Å². The predicted octanol–water partition coefficient (Wildman–Crippen LogP) is 2.26. The van der Waals surface area contributed by atoms with Crippen LogP contribution in [0.3, 0.4) is 0 Å². The van der Waals surface area contributed by atoms with Crippen LogP contribution in [0.25, 0.3) is 11.3 Å². The van der Waals surface area contributed by atoms with Crippen molar-refractivity contribution in [3.05, 3.63) is 42.4 Å². The Morgan fingerprint density at radius 3 is 2.67 bits per heavy atom. The third-order valence-corrected chi connectivity index (χ3v) is 3.11. The van der Waals surface area contributed by atoms with Crippen LogP contribution in [0.15, 0.2) is 41.3 Å². The average Bonchev–Trinajstić information content (AvgIpc) is 3.21. The molecule has 0 saturated carbocycles. The number of esters is 1. The maximum absolute atomic E-state index is 11.9. The van der Waals surface area contributed by atoms with Crippen LogP contribution in [0, 0.1) is 0 Å². The molecule has 0 N–H and O–H groups in total. The van der Waals surface area contributed by atoms with Crippen molar-refractivity contribution in [1.82, 2.24) is 4.98 Å². The Labute approximate surface area is 121 Å². The number of nitrogens with zero attached hydrogens (tertiary/aromatic N) is 1. The highest BCUT2D eigenvalue weighted by molar-refractivity contribution is 5.89. The van der Waals surface area contributed by atoms with Gasteiger partial charge in [-0.15, -0.1) is 0 Å². The van der Waals surface area contributed by atoms with Crippen LogP contribution in [0.2, 0.25) is 0 Å². The van der Waals surface area contributed by atoms with Crippen LogP contribution in [-0.4, -0.2) is 37.1 Å². The molecule has 0 bridgehead atoms. The number of oxazole rings is 1. The number of carbonyl (C=O) groups is 1. The maximum atomic E-state index is 11.9. The smallest absolute Gasteiger partial charge is 0.338 e. The van der Waals surface area contributed by atoms with Crippen molar-refractivity contribution >= 4 is 5.97 Å². The fourth-order valence-corrected chi connectivity index (χ4v) is 2.03. The molecule has 1 aromatic carbocycles. The molecule has 1 aliphatic rings. The second-order valence-electron chi connectivity index (χ2n) is 4.54. The number of ether oxygens (including phenoxy) is 3. The number of benzene rings is 1. The van der Waals surface area contributed by atoms with E-state index >= 15 is 0 Å². The molecule has 2 aromatic rings. The first-order valence-electron chi connectivity index (χ1n) is 6.72. The van der Waals surface area contributed by atoms with Gasteiger partial charge in [0.2, 0.25) is 0 Å². The van der Waals surface area contributed by atoms with Crippen molar-refractivity contribution < 1.29 is 23.4 Å². The van der Waals surface area contributed by atoms with Crippen LogP contribution in [0.5, 0.6) is 0 Å². The first kappa shape index (κ1) is 13.8. The summed E-state index contributed by atoms with van der Waals surface area (Å²) < 4.78 is 20.9. The lowest BCUT2D eigenvalue weighted by molar-refractivity contribution is -0.0572. The monoisotopic (exact) mass is 289 g/mol. The van der Waals surface area contributed by atoms with Crippen LogP contribution in [0.4, 0.5) is 0 Å². The van der Waals surface area contributed by atoms with Crippen LogP contribution in [0.1, 0.15) is 16.8 Å². The minimum absolute atomic E-state index is 0.258. The fraction of sp³-hybridized carbons (Fsp3) is 0.333. The van der Waals surface area contributed by atoms with Gasteiger partial charge in [0.05, 0.1) is 31.6 Å². The van der Waals surface area contributed by atoms with Gasteiger partial charge < -0.3 is 18.6 Å². The largest absolute Gasteiger partial charge is 0.462 e. The number of hydrogen-bond acceptors (Lipinski definition) is 6. The zero-order valence-corrected chi connectivity index (χ0v) is 11.4. The Balaban J connectivity index is 1.52. The first-order valence-corrected chi connectivity index (χ1v) is 6.72. The van der Waals surface area contributed by atoms with E-state index in [1.807, 2.05) is 0 Å². The molecule has 0 unspecified atom stereocenters. The molecule has 110 valence electrons. The van der Waals surface area contributed by atoms with Crippen LogP contribution < -0.4 is 0 Å². The third-order valence-electron chi connectivity index (χ3n) is 3.11. The fourth-order valence-electron chi connectivity index (χ4n) is 2.03. The van der Waals surface area contributed by atoms with Gasteiger partial charge in [-0.05, 0) is 12.1 Å². The zero-order valence-electron chi connectivity index (χ0n) is 11.4. The van der Waals surface area contributed by atoms with Gasteiger partial charge in [-0.25, -0.2) is 9.78 Å². The van der Waals surface area contributed by atoms with Gasteiger partial charge in [0, 0.05) is 12.0 Å². The van der Waals surface area contributed by atoms with E-state index in [2.05, 4.69) is 4.98 Å². The number of rotatable bonds is 5. The topological polar surface area (TPSA) is 70.8 Å². The zero-order chi connectivity index (χ0) is 14.5. The molecule has 6 heteroatoms. The summed E-state index contributed by atoms with van der Waals surface area (Å²) in [7, 11) is 0. The predicted molar refractivity (Wildman–Crippen MR) is 72.5 cm³/mol. The quantitative estimate of drug-likeness (QED) is 0.786. The molecule has 6 nitrogen and oxygen atoms in total. The SMILES string of the molecule is O=C(OCCC1OCCO1)c1ccc(-c2cnco2)cc1. The van der Waals surface area contributed by atoms with Crippen LogP contribution >= 0.6 is 0 Å². The van der Waals surface area contributed by atoms with Gasteiger partial charge in [-0.2, -0.15) is 0 Å². The summed E-state index contributed by atoms with van der Waals surface area (Å²) in [6, 6.07) is 6.98. The average molecular weight is 289 g/mol. The van der Waals surface area contributed by atoms with Crippen molar-refractivity contribution in [1.29, 1.82) is 0 Å². The Kier molecular flexibility index (Phi) is 4.28.